The van der Waals surface area contributed by atoms with Gasteiger partial charge in [0.05, 0.1) is 13.1 Å². The van der Waals surface area contributed by atoms with Crippen molar-refractivity contribution in [1.82, 2.24) is 10.2 Å². The number of amides is 1. The van der Waals surface area contributed by atoms with Gasteiger partial charge < -0.3 is 0 Å². The van der Waals surface area contributed by atoms with Crippen molar-refractivity contribution in [1.29, 1.82) is 0 Å². The van der Waals surface area contributed by atoms with Crippen molar-refractivity contribution in [2.75, 3.05) is 19.6 Å². The van der Waals surface area contributed by atoms with Crippen LogP contribution in [-0.4, -0.2) is 36.5 Å². The first-order valence-corrected chi connectivity index (χ1v) is 3.80. The van der Waals surface area contributed by atoms with Gasteiger partial charge in [0, 0.05) is 12.6 Å². The zero-order valence-electron chi connectivity index (χ0n) is 5.92. The molecule has 2 aliphatic rings. The van der Waals surface area contributed by atoms with E-state index in [0.717, 1.165) is 19.1 Å². The minimum absolute atomic E-state index is 0.0677. The summed E-state index contributed by atoms with van der Waals surface area (Å²) in [5.41, 5.74) is 0. The van der Waals surface area contributed by atoms with E-state index < -0.39 is 0 Å². The second kappa shape index (κ2) is 2.23. The summed E-state index contributed by atoms with van der Waals surface area (Å²) in [6.45, 7) is 2.29. The molecule has 0 atom stereocenters. The van der Waals surface area contributed by atoms with E-state index in [1.165, 1.54) is 12.8 Å². The first kappa shape index (κ1) is 6.16. The fourth-order valence-corrected chi connectivity index (χ4v) is 1.36. The standard InChI is InChI=1S/C7H11N2O/c10-7-5-9(4-3-8-7)6-1-2-6/h6H,1-5H2. The second-order valence-corrected chi connectivity index (χ2v) is 2.98. The normalized spacial score (nSPS) is 28.2. The lowest BCUT2D eigenvalue weighted by molar-refractivity contribution is -0.124. The fraction of sp³-hybridized carbons (Fsp3) is 0.857. The maximum Gasteiger partial charge on any atom is 0.255 e. The third kappa shape index (κ3) is 1.14. The molecular weight excluding hydrogens is 128 g/mol. The molecule has 3 heteroatoms. The number of hydrogen-bond acceptors (Lipinski definition) is 2. The Hall–Kier alpha value is -0.570. The number of carbonyl (C=O) groups is 1. The summed E-state index contributed by atoms with van der Waals surface area (Å²) in [7, 11) is 0. The topological polar surface area (TPSA) is 34.4 Å². The molecule has 1 aliphatic heterocycles. The fourth-order valence-electron chi connectivity index (χ4n) is 1.36. The molecule has 0 N–H and O–H groups in total. The van der Waals surface area contributed by atoms with Gasteiger partial charge in [0.15, 0.2) is 0 Å². The highest BCUT2D eigenvalue weighted by atomic mass is 16.2. The second-order valence-electron chi connectivity index (χ2n) is 2.98. The minimum Gasteiger partial charge on any atom is -0.290 e. The van der Waals surface area contributed by atoms with Crippen molar-refractivity contribution < 1.29 is 4.79 Å². The van der Waals surface area contributed by atoms with Crippen LogP contribution in [0.1, 0.15) is 12.8 Å². The van der Waals surface area contributed by atoms with E-state index in [4.69, 9.17) is 0 Å². The van der Waals surface area contributed by atoms with Gasteiger partial charge in [-0.3, -0.25) is 9.69 Å². The van der Waals surface area contributed by atoms with Gasteiger partial charge in [-0.2, -0.15) is 0 Å². The Bertz CT molecular complexity index is 154. The molecule has 0 unspecified atom stereocenters. The minimum atomic E-state index is 0.0677. The van der Waals surface area contributed by atoms with Gasteiger partial charge in [0.2, 0.25) is 0 Å². The van der Waals surface area contributed by atoms with Crippen LogP contribution in [0.5, 0.6) is 0 Å². The Morgan fingerprint density at radius 2 is 2.30 bits per heavy atom. The molecule has 2 fully saturated rings. The lowest BCUT2D eigenvalue weighted by Gasteiger charge is -2.24. The van der Waals surface area contributed by atoms with E-state index in [2.05, 4.69) is 10.2 Å². The van der Waals surface area contributed by atoms with Crippen molar-refractivity contribution in [3.8, 4) is 0 Å². The Morgan fingerprint density at radius 1 is 1.50 bits per heavy atom. The summed E-state index contributed by atoms with van der Waals surface area (Å²) >= 11 is 0. The molecular formula is C7H11N2O. The van der Waals surface area contributed by atoms with E-state index in [0.29, 0.717) is 6.54 Å². The summed E-state index contributed by atoms with van der Waals surface area (Å²) in [5.74, 6) is 0.0677. The third-order valence-corrected chi connectivity index (χ3v) is 2.08. The van der Waals surface area contributed by atoms with E-state index >= 15 is 0 Å². The number of piperazine rings is 1. The van der Waals surface area contributed by atoms with Crippen molar-refractivity contribution in [2.24, 2.45) is 0 Å². The zero-order chi connectivity index (χ0) is 6.97. The van der Waals surface area contributed by atoms with Crippen molar-refractivity contribution >= 4 is 5.91 Å². The molecule has 1 amide bonds. The molecule has 1 radical (unpaired) electrons. The monoisotopic (exact) mass is 139 g/mol. The van der Waals surface area contributed by atoms with Crippen LogP contribution < -0.4 is 5.32 Å². The average molecular weight is 139 g/mol. The zero-order valence-corrected chi connectivity index (χ0v) is 5.92. The Kier molecular flexibility index (Phi) is 1.38. The van der Waals surface area contributed by atoms with Crippen LogP contribution in [0.15, 0.2) is 0 Å². The van der Waals surface area contributed by atoms with Crippen LogP contribution in [0, 0.1) is 0 Å². The molecule has 1 saturated carbocycles. The van der Waals surface area contributed by atoms with E-state index in [-0.39, 0.29) is 5.91 Å². The molecule has 1 heterocycles. The van der Waals surface area contributed by atoms with Gasteiger partial charge in [-0.25, -0.2) is 5.32 Å². The number of hydrogen-bond donors (Lipinski definition) is 0. The molecule has 0 aromatic carbocycles. The molecule has 2 rings (SSSR count). The molecule has 55 valence electrons. The first-order valence-electron chi connectivity index (χ1n) is 3.80. The van der Waals surface area contributed by atoms with E-state index in [9.17, 15) is 4.79 Å². The summed E-state index contributed by atoms with van der Waals surface area (Å²) in [4.78, 5) is 13.0. The van der Waals surface area contributed by atoms with Crippen LogP contribution >= 0.6 is 0 Å². The molecule has 1 aliphatic carbocycles. The van der Waals surface area contributed by atoms with E-state index in [1.807, 2.05) is 0 Å². The smallest absolute Gasteiger partial charge is 0.255 e. The quantitative estimate of drug-likeness (QED) is 0.495. The highest BCUT2D eigenvalue weighted by molar-refractivity contribution is 5.78. The number of carbonyl (C=O) groups excluding carboxylic acids is 1. The van der Waals surface area contributed by atoms with Crippen molar-refractivity contribution in [3.05, 3.63) is 0 Å². The SMILES string of the molecule is O=C1CN(C2CC2)CC[N]1. The van der Waals surface area contributed by atoms with Crippen LogP contribution in [0.3, 0.4) is 0 Å². The molecule has 0 aromatic rings. The molecule has 0 bridgehead atoms. The third-order valence-electron chi connectivity index (χ3n) is 2.08. The lowest BCUT2D eigenvalue weighted by atomic mass is 10.3. The lowest BCUT2D eigenvalue weighted by Crippen LogP contribution is -2.44. The molecule has 10 heavy (non-hydrogen) atoms. The maximum atomic E-state index is 10.8. The summed E-state index contributed by atoms with van der Waals surface area (Å²) in [5, 5.41) is 3.81. The summed E-state index contributed by atoms with van der Waals surface area (Å²) in [6.07, 6.45) is 2.57. The number of nitrogens with zero attached hydrogens (tertiary/aromatic N) is 2. The van der Waals surface area contributed by atoms with E-state index in [1.54, 1.807) is 0 Å². The highest BCUT2D eigenvalue weighted by Crippen LogP contribution is 2.26. The first-order chi connectivity index (χ1) is 4.86. The molecule has 0 aromatic heterocycles. The average Bonchev–Trinajstić information content (AvgIpc) is 2.68. The van der Waals surface area contributed by atoms with Crippen LogP contribution in [0.25, 0.3) is 0 Å². The van der Waals surface area contributed by atoms with Crippen LogP contribution in [0.4, 0.5) is 0 Å². The van der Waals surface area contributed by atoms with Gasteiger partial charge >= 0.3 is 0 Å². The van der Waals surface area contributed by atoms with Crippen molar-refractivity contribution in [2.45, 2.75) is 18.9 Å². The van der Waals surface area contributed by atoms with Crippen LogP contribution in [-0.2, 0) is 4.79 Å². The Labute approximate surface area is 60.4 Å². The molecule has 1 saturated heterocycles. The summed E-state index contributed by atoms with van der Waals surface area (Å²) < 4.78 is 0. The molecule has 0 spiro atoms. The maximum absolute atomic E-state index is 10.8. The van der Waals surface area contributed by atoms with Gasteiger partial charge in [0.1, 0.15) is 0 Å². The van der Waals surface area contributed by atoms with Gasteiger partial charge in [-0.15, -0.1) is 0 Å². The summed E-state index contributed by atoms with van der Waals surface area (Å²) in [6, 6.07) is 0.722. The Morgan fingerprint density at radius 3 is 2.90 bits per heavy atom. The predicted octanol–water partition coefficient (Wildman–Crippen LogP) is -0.405. The largest absolute Gasteiger partial charge is 0.290 e. The van der Waals surface area contributed by atoms with Crippen LogP contribution in [0.2, 0.25) is 0 Å². The molecule has 3 nitrogen and oxygen atoms in total. The van der Waals surface area contributed by atoms with Gasteiger partial charge in [0.25, 0.3) is 5.91 Å². The highest BCUT2D eigenvalue weighted by Gasteiger charge is 2.32. The predicted molar refractivity (Wildman–Crippen MR) is 36.6 cm³/mol. The number of rotatable bonds is 1. The van der Waals surface area contributed by atoms with Gasteiger partial charge in [-0.05, 0) is 12.8 Å². The Balaban J connectivity index is 1.89. The van der Waals surface area contributed by atoms with Gasteiger partial charge in [-0.1, -0.05) is 0 Å². The van der Waals surface area contributed by atoms with Crippen molar-refractivity contribution in [3.63, 3.8) is 0 Å².